The van der Waals surface area contributed by atoms with Crippen LogP contribution in [0.1, 0.15) is 27.0 Å². The largest absolute Gasteiger partial charge is 0.364 e. The third kappa shape index (κ3) is 5.49. The Kier molecular flexibility index (Phi) is 7.33. The second-order valence-corrected chi connectivity index (χ2v) is 10.4. The predicted molar refractivity (Wildman–Crippen MR) is 159 cm³/mol. The van der Waals surface area contributed by atoms with E-state index in [-0.39, 0.29) is 5.91 Å². The molecular formula is C31H30ClN7O. The number of nitrogens with zero attached hydrogens (tertiary/aromatic N) is 6. The van der Waals surface area contributed by atoms with Crippen molar-refractivity contribution >= 4 is 40.4 Å². The normalized spacial score (nSPS) is 13.6. The van der Waals surface area contributed by atoms with E-state index in [1.807, 2.05) is 89.4 Å². The number of amides is 1. The van der Waals surface area contributed by atoms with E-state index in [2.05, 4.69) is 27.3 Å². The van der Waals surface area contributed by atoms with Gasteiger partial charge in [-0.3, -0.25) is 4.79 Å². The zero-order valence-corrected chi connectivity index (χ0v) is 23.1. The van der Waals surface area contributed by atoms with Gasteiger partial charge >= 0.3 is 0 Å². The number of carbonyl (C=O) groups is 1. The molecule has 1 amide bonds. The van der Waals surface area contributed by atoms with Crippen LogP contribution in [0.5, 0.6) is 0 Å². The number of halogens is 1. The summed E-state index contributed by atoms with van der Waals surface area (Å²) in [5.41, 5.74) is 5.46. The highest BCUT2D eigenvalue weighted by Crippen LogP contribution is 2.26. The first-order chi connectivity index (χ1) is 19.5. The van der Waals surface area contributed by atoms with Crippen molar-refractivity contribution in [2.45, 2.75) is 20.0 Å². The van der Waals surface area contributed by atoms with E-state index in [0.717, 1.165) is 22.3 Å². The Labute approximate surface area is 238 Å². The Hall–Kier alpha value is -4.43. The van der Waals surface area contributed by atoms with Gasteiger partial charge in [0, 0.05) is 43.3 Å². The van der Waals surface area contributed by atoms with Crippen molar-refractivity contribution < 1.29 is 4.79 Å². The number of carbonyl (C=O) groups excluding carboxylic acids is 1. The van der Waals surface area contributed by atoms with Gasteiger partial charge in [-0.25, -0.2) is 4.98 Å². The van der Waals surface area contributed by atoms with Crippen LogP contribution in [0.15, 0.2) is 85.2 Å². The maximum absolute atomic E-state index is 13.1. The molecule has 0 atom stereocenters. The molecule has 1 aliphatic heterocycles. The summed E-state index contributed by atoms with van der Waals surface area (Å²) < 4.78 is 2.05. The Balaban J connectivity index is 1.27. The molecule has 0 aliphatic carbocycles. The molecule has 1 fully saturated rings. The lowest BCUT2D eigenvalue weighted by Crippen LogP contribution is -2.49. The molecule has 5 aromatic rings. The molecular weight excluding hydrogens is 522 g/mol. The van der Waals surface area contributed by atoms with Crippen LogP contribution in [0.2, 0.25) is 5.02 Å². The van der Waals surface area contributed by atoms with E-state index in [9.17, 15) is 4.79 Å². The highest BCUT2D eigenvalue weighted by atomic mass is 35.5. The average Bonchev–Trinajstić information content (AvgIpc) is 3.40. The summed E-state index contributed by atoms with van der Waals surface area (Å²) in [4.78, 5) is 31.7. The van der Waals surface area contributed by atoms with Crippen molar-refractivity contribution in [2.24, 2.45) is 0 Å². The van der Waals surface area contributed by atoms with Gasteiger partial charge in [0.1, 0.15) is 0 Å². The highest BCUT2D eigenvalue weighted by molar-refractivity contribution is 6.31. The lowest BCUT2D eigenvalue weighted by atomic mass is 10.1. The molecule has 6 rings (SSSR count). The molecule has 3 aromatic carbocycles. The lowest BCUT2D eigenvalue weighted by Gasteiger charge is -2.35. The van der Waals surface area contributed by atoms with Crippen LogP contribution in [0.4, 0.5) is 11.8 Å². The van der Waals surface area contributed by atoms with Gasteiger partial charge in [-0.1, -0.05) is 77.8 Å². The predicted octanol–water partition coefficient (Wildman–Crippen LogP) is 5.41. The van der Waals surface area contributed by atoms with Gasteiger partial charge in [0.05, 0.1) is 12.9 Å². The van der Waals surface area contributed by atoms with Crippen LogP contribution in [-0.2, 0) is 13.1 Å². The standard InChI is InChI=1S/C31H30ClN7O/c1-22-11-13-24(14-12-22)30(40)37-15-17-38(18-16-37)31-35-28(33-19-25-9-5-6-10-26(25)32)27-29(36-31)39(21-34-27)20-23-7-3-2-4-8-23/h2-14,21H,15-20H2,1H3,(H,33,35,36). The molecule has 3 heterocycles. The zero-order valence-electron chi connectivity index (χ0n) is 22.3. The van der Waals surface area contributed by atoms with Gasteiger partial charge in [-0.05, 0) is 36.2 Å². The molecule has 0 saturated carbocycles. The lowest BCUT2D eigenvalue weighted by molar-refractivity contribution is 0.0746. The molecule has 202 valence electrons. The molecule has 8 nitrogen and oxygen atoms in total. The number of nitrogens with one attached hydrogen (secondary N) is 1. The number of imidazole rings is 1. The second kappa shape index (κ2) is 11.4. The molecule has 0 unspecified atom stereocenters. The summed E-state index contributed by atoms with van der Waals surface area (Å²) in [6, 6.07) is 25.8. The highest BCUT2D eigenvalue weighted by Gasteiger charge is 2.25. The number of aryl methyl sites for hydroxylation is 1. The van der Waals surface area contributed by atoms with Gasteiger partial charge in [0.2, 0.25) is 5.95 Å². The van der Waals surface area contributed by atoms with Crippen LogP contribution in [0.3, 0.4) is 0 Å². The van der Waals surface area contributed by atoms with Crippen molar-refractivity contribution in [3.8, 4) is 0 Å². The maximum atomic E-state index is 13.1. The minimum atomic E-state index is 0.0547. The summed E-state index contributed by atoms with van der Waals surface area (Å²) in [7, 11) is 0. The summed E-state index contributed by atoms with van der Waals surface area (Å²) in [5, 5.41) is 4.15. The quantitative estimate of drug-likeness (QED) is 0.291. The van der Waals surface area contributed by atoms with Gasteiger partial charge in [0.25, 0.3) is 5.91 Å². The van der Waals surface area contributed by atoms with E-state index in [4.69, 9.17) is 21.6 Å². The van der Waals surface area contributed by atoms with E-state index in [1.54, 1.807) is 0 Å². The number of piperazine rings is 1. The first-order valence-electron chi connectivity index (χ1n) is 13.4. The van der Waals surface area contributed by atoms with Crippen LogP contribution >= 0.6 is 11.6 Å². The Morgan fingerprint density at radius 3 is 2.38 bits per heavy atom. The molecule has 1 N–H and O–H groups in total. The van der Waals surface area contributed by atoms with Crippen molar-refractivity contribution in [3.63, 3.8) is 0 Å². The number of anilines is 2. The van der Waals surface area contributed by atoms with Crippen LogP contribution in [0, 0.1) is 6.92 Å². The third-order valence-electron chi connectivity index (χ3n) is 7.20. The molecule has 1 aliphatic rings. The molecule has 40 heavy (non-hydrogen) atoms. The van der Waals surface area contributed by atoms with Crippen molar-refractivity contribution in [2.75, 3.05) is 36.4 Å². The summed E-state index contributed by atoms with van der Waals surface area (Å²) in [5.74, 6) is 1.33. The van der Waals surface area contributed by atoms with E-state index >= 15 is 0 Å². The average molecular weight is 552 g/mol. The topological polar surface area (TPSA) is 79.2 Å². The monoisotopic (exact) mass is 551 g/mol. The van der Waals surface area contributed by atoms with Crippen LogP contribution < -0.4 is 10.2 Å². The molecule has 9 heteroatoms. The fourth-order valence-electron chi connectivity index (χ4n) is 4.90. The minimum absolute atomic E-state index is 0.0547. The first-order valence-corrected chi connectivity index (χ1v) is 13.8. The van der Waals surface area contributed by atoms with Gasteiger partial charge in [0.15, 0.2) is 17.0 Å². The Bertz CT molecular complexity index is 1630. The zero-order chi connectivity index (χ0) is 27.5. The van der Waals surface area contributed by atoms with Gasteiger partial charge in [-0.15, -0.1) is 0 Å². The number of aromatic nitrogens is 4. The summed E-state index contributed by atoms with van der Waals surface area (Å²) in [6.45, 7) is 5.65. The number of fused-ring (bicyclic) bond motifs is 1. The molecule has 1 saturated heterocycles. The molecule has 0 spiro atoms. The molecule has 0 bridgehead atoms. The summed E-state index contributed by atoms with van der Waals surface area (Å²) in [6.07, 6.45) is 1.81. The molecule has 0 radical (unpaired) electrons. The van der Waals surface area contributed by atoms with E-state index < -0.39 is 0 Å². The van der Waals surface area contributed by atoms with Crippen LogP contribution in [-0.4, -0.2) is 56.5 Å². The Morgan fingerprint density at radius 1 is 0.900 bits per heavy atom. The number of hydrogen-bond acceptors (Lipinski definition) is 6. The van der Waals surface area contributed by atoms with Crippen LogP contribution in [0.25, 0.3) is 11.2 Å². The first kappa shape index (κ1) is 25.8. The maximum Gasteiger partial charge on any atom is 0.253 e. The third-order valence-corrected chi connectivity index (χ3v) is 7.57. The van der Waals surface area contributed by atoms with Gasteiger partial charge in [-0.2, -0.15) is 9.97 Å². The van der Waals surface area contributed by atoms with Crippen molar-refractivity contribution in [1.82, 2.24) is 24.4 Å². The number of hydrogen-bond donors (Lipinski definition) is 1. The Morgan fingerprint density at radius 2 is 1.62 bits per heavy atom. The summed E-state index contributed by atoms with van der Waals surface area (Å²) >= 11 is 6.41. The fourth-order valence-corrected chi connectivity index (χ4v) is 5.10. The minimum Gasteiger partial charge on any atom is -0.364 e. The van der Waals surface area contributed by atoms with Crippen molar-refractivity contribution in [1.29, 1.82) is 0 Å². The second-order valence-electron chi connectivity index (χ2n) is 9.99. The van der Waals surface area contributed by atoms with Crippen molar-refractivity contribution in [3.05, 3.63) is 112 Å². The SMILES string of the molecule is Cc1ccc(C(=O)N2CCN(c3nc(NCc4ccccc4Cl)c4ncn(Cc5ccccc5)c4n3)CC2)cc1. The molecule has 2 aromatic heterocycles. The van der Waals surface area contributed by atoms with E-state index in [1.165, 1.54) is 0 Å². The number of rotatable bonds is 7. The smallest absolute Gasteiger partial charge is 0.253 e. The van der Waals surface area contributed by atoms with Gasteiger partial charge < -0.3 is 19.7 Å². The fraction of sp³-hybridized carbons (Fsp3) is 0.226. The van der Waals surface area contributed by atoms with E-state index in [0.29, 0.717) is 67.1 Å². The number of benzene rings is 3.